The molecule has 0 aliphatic carbocycles. The van der Waals surface area contributed by atoms with E-state index in [-0.39, 0.29) is 0 Å². The van der Waals surface area contributed by atoms with Gasteiger partial charge in [0.1, 0.15) is 10.0 Å². The summed E-state index contributed by atoms with van der Waals surface area (Å²) >= 11 is 23.9. The summed E-state index contributed by atoms with van der Waals surface area (Å²) in [5.74, 6) is 0.381. The highest BCUT2D eigenvalue weighted by Gasteiger charge is 2.15. The molecule has 0 aliphatic rings. The molecule has 102 valence electrons. The number of halogens is 4. The highest BCUT2D eigenvalue weighted by molar-refractivity contribution is 6.48. The Kier molecular flexibility index (Phi) is 7.55. The van der Waals surface area contributed by atoms with E-state index in [4.69, 9.17) is 51.1 Å². The van der Waals surface area contributed by atoms with E-state index in [1.165, 1.54) is 25.3 Å². The van der Waals surface area contributed by atoms with Gasteiger partial charge in [0, 0.05) is 0 Å². The molecule has 0 saturated heterocycles. The third kappa shape index (κ3) is 4.70. The molecular formula is C13H16Cl4O. The van der Waals surface area contributed by atoms with Gasteiger partial charge in [0.2, 0.25) is 0 Å². The van der Waals surface area contributed by atoms with Crippen molar-refractivity contribution in [1.82, 2.24) is 0 Å². The van der Waals surface area contributed by atoms with Crippen molar-refractivity contribution in [1.29, 1.82) is 0 Å². The first-order valence-corrected chi connectivity index (χ1v) is 7.55. The molecule has 1 aromatic rings. The zero-order valence-electron chi connectivity index (χ0n) is 10.2. The second-order valence-electron chi connectivity index (χ2n) is 4.06. The number of rotatable bonds is 7. The maximum absolute atomic E-state index is 6.03. The van der Waals surface area contributed by atoms with E-state index in [2.05, 4.69) is 6.92 Å². The predicted octanol–water partition coefficient (Wildman–Crippen LogP) is 6.65. The Labute approximate surface area is 128 Å². The van der Waals surface area contributed by atoms with Crippen molar-refractivity contribution in [2.45, 2.75) is 39.0 Å². The van der Waals surface area contributed by atoms with Gasteiger partial charge in [-0.25, -0.2) is 0 Å². The average Bonchev–Trinajstić information content (AvgIpc) is 2.35. The van der Waals surface area contributed by atoms with Crippen molar-refractivity contribution >= 4 is 46.4 Å². The van der Waals surface area contributed by atoms with Crippen molar-refractivity contribution in [3.63, 3.8) is 0 Å². The van der Waals surface area contributed by atoms with Gasteiger partial charge in [-0.05, 0) is 12.5 Å². The van der Waals surface area contributed by atoms with Crippen LogP contribution in [0.4, 0.5) is 0 Å². The molecule has 0 fully saturated rings. The predicted molar refractivity (Wildman–Crippen MR) is 80.7 cm³/mol. The van der Waals surface area contributed by atoms with Crippen molar-refractivity contribution in [3.8, 4) is 5.75 Å². The Morgan fingerprint density at radius 1 is 0.889 bits per heavy atom. The van der Waals surface area contributed by atoms with E-state index in [1.54, 1.807) is 0 Å². The smallest absolute Gasteiger partial charge is 0.159 e. The van der Waals surface area contributed by atoms with Crippen LogP contribution in [0.3, 0.4) is 0 Å². The van der Waals surface area contributed by atoms with Gasteiger partial charge < -0.3 is 4.74 Å². The largest absolute Gasteiger partial charge is 0.490 e. The standard InChI is InChI=1S/C13H16Cl4O/c1-2-3-4-5-6-7-18-13-11(16)9(14)8-10(15)12(13)17/h8H,2-7H2,1H3. The van der Waals surface area contributed by atoms with Crippen molar-refractivity contribution in [2.24, 2.45) is 0 Å². The van der Waals surface area contributed by atoms with Gasteiger partial charge in [-0.2, -0.15) is 0 Å². The molecule has 0 bridgehead atoms. The highest BCUT2D eigenvalue weighted by Crippen LogP contribution is 2.42. The molecule has 0 radical (unpaired) electrons. The van der Waals surface area contributed by atoms with Crippen LogP contribution >= 0.6 is 46.4 Å². The lowest BCUT2D eigenvalue weighted by molar-refractivity contribution is 0.305. The SMILES string of the molecule is CCCCCCCOc1c(Cl)c(Cl)cc(Cl)c1Cl. The highest BCUT2D eigenvalue weighted by atomic mass is 35.5. The molecule has 0 heterocycles. The van der Waals surface area contributed by atoms with Gasteiger partial charge in [-0.3, -0.25) is 0 Å². The molecule has 0 unspecified atom stereocenters. The number of hydrogen-bond donors (Lipinski definition) is 0. The van der Waals surface area contributed by atoms with Crippen molar-refractivity contribution in [3.05, 3.63) is 26.2 Å². The fourth-order valence-electron chi connectivity index (χ4n) is 1.56. The lowest BCUT2D eigenvalue weighted by atomic mass is 10.2. The molecule has 5 heteroatoms. The summed E-state index contributed by atoms with van der Waals surface area (Å²) in [4.78, 5) is 0. The molecule has 1 nitrogen and oxygen atoms in total. The maximum Gasteiger partial charge on any atom is 0.159 e. The summed E-state index contributed by atoms with van der Waals surface area (Å²) in [5, 5.41) is 1.35. The first kappa shape index (κ1) is 16.2. The third-order valence-electron chi connectivity index (χ3n) is 2.57. The summed E-state index contributed by atoms with van der Waals surface area (Å²) < 4.78 is 5.58. The number of ether oxygens (including phenoxy) is 1. The lowest BCUT2D eigenvalue weighted by Gasteiger charge is -2.12. The second kappa shape index (κ2) is 8.37. The van der Waals surface area contributed by atoms with Crippen LogP contribution in [0.15, 0.2) is 6.07 Å². The van der Waals surface area contributed by atoms with E-state index in [0.717, 1.165) is 12.8 Å². The minimum Gasteiger partial charge on any atom is -0.490 e. The Balaban J connectivity index is 2.52. The van der Waals surface area contributed by atoms with E-state index in [0.29, 0.717) is 32.4 Å². The molecule has 0 amide bonds. The van der Waals surface area contributed by atoms with E-state index >= 15 is 0 Å². The van der Waals surface area contributed by atoms with Crippen LogP contribution in [0.25, 0.3) is 0 Å². The Bertz CT molecular complexity index is 367. The monoisotopic (exact) mass is 328 g/mol. The normalized spacial score (nSPS) is 10.7. The summed E-state index contributed by atoms with van der Waals surface area (Å²) in [6, 6.07) is 1.52. The Morgan fingerprint density at radius 3 is 2.00 bits per heavy atom. The topological polar surface area (TPSA) is 9.23 Å². The maximum atomic E-state index is 6.03. The minimum atomic E-state index is 0.319. The molecule has 18 heavy (non-hydrogen) atoms. The zero-order chi connectivity index (χ0) is 13.5. The molecule has 1 rings (SSSR count). The minimum absolute atomic E-state index is 0.319. The van der Waals surface area contributed by atoms with Crippen LogP contribution in [0, 0.1) is 0 Å². The molecular weight excluding hydrogens is 314 g/mol. The first-order valence-electron chi connectivity index (χ1n) is 6.03. The van der Waals surface area contributed by atoms with Crippen LogP contribution in [0.1, 0.15) is 39.0 Å². The van der Waals surface area contributed by atoms with Crippen LogP contribution in [-0.2, 0) is 0 Å². The molecule has 0 N–H and O–H groups in total. The van der Waals surface area contributed by atoms with Gasteiger partial charge in [-0.1, -0.05) is 79.0 Å². The molecule has 0 saturated carbocycles. The fourth-order valence-corrected chi connectivity index (χ4v) is 2.46. The van der Waals surface area contributed by atoms with Crippen LogP contribution in [0.2, 0.25) is 20.1 Å². The summed E-state index contributed by atoms with van der Waals surface area (Å²) in [5.41, 5.74) is 0. The van der Waals surface area contributed by atoms with Gasteiger partial charge in [0.15, 0.2) is 5.75 Å². The molecule has 0 spiro atoms. The van der Waals surface area contributed by atoms with Crippen LogP contribution < -0.4 is 4.74 Å². The summed E-state index contributed by atoms with van der Waals surface area (Å²) in [6.07, 6.45) is 5.80. The third-order valence-corrected chi connectivity index (χ3v) is 4.11. The van der Waals surface area contributed by atoms with E-state index in [9.17, 15) is 0 Å². The van der Waals surface area contributed by atoms with Gasteiger partial charge in [-0.15, -0.1) is 0 Å². The summed E-state index contributed by atoms with van der Waals surface area (Å²) in [7, 11) is 0. The second-order valence-corrected chi connectivity index (χ2v) is 5.63. The van der Waals surface area contributed by atoms with Crippen molar-refractivity contribution in [2.75, 3.05) is 6.61 Å². The van der Waals surface area contributed by atoms with Gasteiger partial charge >= 0.3 is 0 Å². The average molecular weight is 330 g/mol. The Morgan fingerprint density at radius 2 is 1.44 bits per heavy atom. The van der Waals surface area contributed by atoms with Crippen LogP contribution in [-0.4, -0.2) is 6.61 Å². The summed E-state index contributed by atoms with van der Waals surface area (Å²) in [6.45, 7) is 2.75. The molecule has 0 aromatic heterocycles. The fraction of sp³-hybridized carbons (Fsp3) is 0.538. The van der Waals surface area contributed by atoms with Gasteiger partial charge in [0.25, 0.3) is 0 Å². The number of unbranched alkanes of at least 4 members (excludes halogenated alkanes) is 4. The number of hydrogen-bond acceptors (Lipinski definition) is 1. The van der Waals surface area contributed by atoms with Crippen LogP contribution in [0.5, 0.6) is 5.75 Å². The van der Waals surface area contributed by atoms with Gasteiger partial charge in [0.05, 0.1) is 16.7 Å². The molecule has 0 aliphatic heterocycles. The van der Waals surface area contributed by atoms with E-state index in [1.807, 2.05) is 0 Å². The number of benzene rings is 1. The zero-order valence-corrected chi connectivity index (χ0v) is 13.3. The first-order chi connectivity index (χ1) is 8.57. The molecule has 0 atom stereocenters. The van der Waals surface area contributed by atoms with E-state index < -0.39 is 0 Å². The Hall–Kier alpha value is 0.180. The van der Waals surface area contributed by atoms with Crippen molar-refractivity contribution < 1.29 is 4.74 Å². The lowest BCUT2D eigenvalue weighted by Crippen LogP contribution is -1.99. The molecule has 1 aromatic carbocycles. The quantitative estimate of drug-likeness (QED) is 0.402.